The molecule has 0 saturated carbocycles. The van der Waals surface area contributed by atoms with Gasteiger partial charge < -0.3 is 10.6 Å². The Balaban J connectivity index is 2.62. The molecule has 0 aliphatic rings. The highest BCUT2D eigenvalue weighted by molar-refractivity contribution is 7.98. The summed E-state index contributed by atoms with van der Waals surface area (Å²) in [5.41, 5.74) is 0. The molecule has 19 heavy (non-hydrogen) atoms. The highest BCUT2D eigenvalue weighted by atomic mass is 32.2. The first-order valence-corrected chi connectivity index (χ1v) is 9.16. The van der Waals surface area contributed by atoms with Gasteiger partial charge in [-0.05, 0) is 12.7 Å². The van der Waals surface area contributed by atoms with Crippen LogP contribution in [0.4, 0.5) is 11.6 Å². The third-order valence-corrected chi connectivity index (χ3v) is 4.25. The number of nitrogens with one attached hydrogen (secondary N) is 2. The van der Waals surface area contributed by atoms with E-state index in [1.54, 1.807) is 0 Å². The van der Waals surface area contributed by atoms with Crippen LogP contribution >= 0.6 is 11.8 Å². The van der Waals surface area contributed by atoms with Crippen LogP contribution in [0.3, 0.4) is 0 Å². The predicted molar refractivity (Wildman–Crippen MR) is 84.6 cm³/mol. The molecule has 1 aromatic rings. The molecule has 1 unspecified atom stereocenters. The molecule has 0 spiro atoms. The zero-order valence-corrected chi connectivity index (χ0v) is 13.4. The zero-order chi connectivity index (χ0) is 14.1. The lowest BCUT2D eigenvalue weighted by Crippen LogP contribution is -2.13. The van der Waals surface area contributed by atoms with E-state index in [0.29, 0.717) is 18.1 Å². The summed E-state index contributed by atoms with van der Waals surface area (Å²) in [6.45, 7) is 5.60. The van der Waals surface area contributed by atoms with E-state index < -0.39 is 10.8 Å². The summed E-state index contributed by atoms with van der Waals surface area (Å²) in [6, 6.07) is 1.89. The van der Waals surface area contributed by atoms with Gasteiger partial charge in [0.1, 0.15) is 11.6 Å². The Morgan fingerprint density at radius 1 is 1.21 bits per heavy atom. The van der Waals surface area contributed by atoms with Crippen molar-refractivity contribution in [1.82, 2.24) is 9.97 Å². The largest absolute Gasteiger partial charge is 0.370 e. The van der Waals surface area contributed by atoms with E-state index >= 15 is 0 Å². The van der Waals surface area contributed by atoms with E-state index in [1.807, 2.05) is 19.2 Å². The van der Waals surface area contributed by atoms with Crippen LogP contribution < -0.4 is 10.6 Å². The fraction of sp³-hybridized carbons (Fsp3) is 0.667. The van der Waals surface area contributed by atoms with Crippen LogP contribution in [0, 0.1) is 0 Å². The minimum atomic E-state index is -0.745. The number of anilines is 2. The first kappa shape index (κ1) is 16.2. The van der Waals surface area contributed by atoms with Crippen molar-refractivity contribution >= 4 is 34.2 Å². The maximum Gasteiger partial charge on any atom is 0.191 e. The molecule has 0 fully saturated rings. The fourth-order valence-corrected chi connectivity index (χ4v) is 2.39. The summed E-state index contributed by atoms with van der Waals surface area (Å²) in [5.74, 6) is 2.96. The number of thioether (sulfide) groups is 1. The Labute approximate surface area is 121 Å². The standard InChI is InChI=1S/C12H22N4OS2/c1-4-6-13-10-9-11(16-12(15-10)18-3)14-7-8-19(17)5-2/h9H,4-8H2,1-3H3,(H2,13,14,15,16). The molecule has 0 bridgehead atoms. The maximum absolute atomic E-state index is 11.4. The Morgan fingerprint density at radius 2 is 1.84 bits per heavy atom. The molecule has 0 aliphatic heterocycles. The summed E-state index contributed by atoms with van der Waals surface area (Å²) in [6.07, 6.45) is 3.01. The number of hydrogen-bond donors (Lipinski definition) is 2. The van der Waals surface area contributed by atoms with Crippen LogP contribution in [0.15, 0.2) is 11.2 Å². The van der Waals surface area contributed by atoms with Gasteiger partial charge in [0.15, 0.2) is 5.16 Å². The van der Waals surface area contributed by atoms with Crippen molar-refractivity contribution in [1.29, 1.82) is 0 Å². The number of aromatic nitrogens is 2. The van der Waals surface area contributed by atoms with Gasteiger partial charge in [-0.2, -0.15) is 0 Å². The van der Waals surface area contributed by atoms with Crippen LogP contribution in [0.1, 0.15) is 20.3 Å². The van der Waals surface area contributed by atoms with Crippen molar-refractivity contribution in [3.05, 3.63) is 6.07 Å². The minimum Gasteiger partial charge on any atom is -0.370 e. The zero-order valence-electron chi connectivity index (χ0n) is 11.7. The molecule has 0 aliphatic carbocycles. The molecule has 0 amide bonds. The summed E-state index contributed by atoms with van der Waals surface area (Å²) < 4.78 is 11.4. The van der Waals surface area contributed by atoms with Crippen molar-refractivity contribution in [2.45, 2.75) is 25.4 Å². The number of rotatable bonds is 9. The van der Waals surface area contributed by atoms with E-state index in [0.717, 1.165) is 29.8 Å². The molecule has 5 nitrogen and oxygen atoms in total. The third kappa shape index (κ3) is 6.24. The predicted octanol–water partition coefficient (Wildman–Crippen LogP) is 2.20. The highest BCUT2D eigenvalue weighted by Gasteiger charge is 2.04. The van der Waals surface area contributed by atoms with Crippen molar-refractivity contribution in [2.24, 2.45) is 0 Å². The molecule has 7 heteroatoms. The van der Waals surface area contributed by atoms with Gasteiger partial charge in [-0.3, -0.25) is 4.21 Å². The molecule has 1 atom stereocenters. The van der Waals surface area contributed by atoms with Gasteiger partial charge in [-0.25, -0.2) is 9.97 Å². The first-order valence-electron chi connectivity index (χ1n) is 6.45. The SMILES string of the molecule is CCCNc1cc(NCCS(=O)CC)nc(SC)n1. The Bertz CT molecular complexity index is 415. The summed E-state index contributed by atoms with van der Waals surface area (Å²) >= 11 is 1.51. The minimum absolute atomic E-state index is 0.646. The Hall–Kier alpha value is -0.820. The molecule has 2 N–H and O–H groups in total. The average Bonchev–Trinajstić information content (AvgIpc) is 2.44. The topological polar surface area (TPSA) is 66.9 Å². The van der Waals surface area contributed by atoms with Gasteiger partial charge in [0.25, 0.3) is 0 Å². The molecule has 108 valence electrons. The molecule has 0 aromatic carbocycles. The van der Waals surface area contributed by atoms with Crippen LogP contribution in [0.5, 0.6) is 0 Å². The molecular weight excluding hydrogens is 280 g/mol. The molecule has 0 saturated heterocycles. The smallest absolute Gasteiger partial charge is 0.191 e. The van der Waals surface area contributed by atoms with E-state index in [2.05, 4.69) is 27.5 Å². The van der Waals surface area contributed by atoms with E-state index in [4.69, 9.17) is 0 Å². The van der Waals surface area contributed by atoms with Crippen molar-refractivity contribution in [2.75, 3.05) is 41.5 Å². The summed E-state index contributed by atoms with van der Waals surface area (Å²) in [7, 11) is -0.745. The fourth-order valence-electron chi connectivity index (χ4n) is 1.39. The van der Waals surface area contributed by atoms with Crippen LogP contribution in [0.25, 0.3) is 0 Å². The monoisotopic (exact) mass is 302 g/mol. The molecule has 1 aromatic heterocycles. The molecule has 0 radical (unpaired) electrons. The van der Waals surface area contributed by atoms with Gasteiger partial charge in [0, 0.05) is 41.5 Å². The second-order valence-corrected chi connectivity index (χ2v) is 6.55. The highest BCUT2D eigenvalue weighted by Crippen LogP contribution is 2.17. The molecular formula is C12H22N4OS2. The van der Waals surface area contributed by atoms with Crippen LogP contribution in [0.2, 0.25) is 0 Å². The Kier molecular flexibility index (Phi) is 7.81. The lowest BCUT2D eigenvalue weighted by molar-refractivity contribution is 0.684. The van der Waals surface area contributed by atoms with E-state index in [1.165, 1.54) is 11.8 Å². The van der Waals surface area contributed by atoms with Gasteiger partial charge in [0.2, 0.25) is 0 Å². The van der Waals surface area contributed by atoms with Gasteiger partial charge in [-0.1, -0.05) is 25.6 Å². The summed E-state index contributed by atoms with van der Waals surface area (Å²) in [5, 5.41) is 7.20. The second-order valence-electron chi connectivity index (χ2n) is 3.91. The second kappa shape index (κ2) is 9.14. The van der Waals surface area contributed by atoms with Gasteiger partial charge in [0.05, 0.1) is 0 Å². The maximum atomic E-state index is 11.4. The molecule has 1 rings (SSSR count). The Morgan fingerprint density at radius 3 is 2.37 bits per heavy atom. The van der Waals surface area contributed by atoms with Crippen molar-refractivity contribution in [3.8, 4) is 0 Å². The van der Waals surface area contributed by atoms with E-state index in [-0.39, 0.29) is 0 Å². The number of nitrogens with zero attached hydrogens (tertiary/aromatic N) is 2. The lowest BCUT2D eigenvalue weighted by atomic mass is 10.4. The number of hydrogen-bond acceptors (Lipinski definition) is 6. The van der Waals surface area contributed by atoms with Gasteiger partial charge >= 0.3 is 0 Å². The average molecular weight is 302 g/mol. The van der Waals surface area contributed by atoms with E-state index in [9.17, 15) is 4.21 Å². The lowest BCUT2D eigenvalue weighted by Gasteiger charge is -2.10. The van der Waals surface area contributed by atoms with Crippen molar-refractivity contribution in [3.63, 3.8) is 0 Å². The first-order chi connectivity index (χ1) is 9.19. The van der Waals surface area contributed by atoms with Gasteiger partial charge in [-0.15, -0.1) is 0 Å². The quantitative estimate of drug-likeness (QED) is 0.538. The van der Waals surface area contributed by atoms with Crippen LogP contribution in [-0.4, -0.2) is 45.0 Å². The van der Waals surface area contributed by atoms with Crippen molar-refractivity contribution < 1.29 is 4.21 Å². The normalized spacial score (nSPS) is 12.2. The van der Waals surface area contributed by atoms with Crippen LogP contribution in [-0.2, 0) is 10.8 Å². The third-order valence-electron chi connectivity index (χ3n) is 2.40. The summed E-state index contributed by atoms with van der Waals surface area (Å²) in [4.78, 5) is 8.77. The molecule has 1 heterocycles.